The first kappa shape index (κ1) is 85.7. The molecule has 12 nitrogen and oxygen atoms in total. The number of rotatable bonds is 23. The zero-order chi connectivity index (χ0) is 55.2. The Bertz CT molecular complexity index is 1750. The molecule has 2 aliphatic heterocycles. The van der Waals surface area contributed by atoms with E-state index in [9.17, 15) is 19.2 Å². The normalized spacial score (nSPS) is 16.4. The largest absolute Gasteiger partial charge is 1.00 e. The molecule has 0 spiro atoms. The van der Waals surface area contributed by atoms with Crippen LogP contribution in [-0.4, -0.2) is 121 Å². The minimum absolute atomic E-state index is 0. The molecule has 0 radical (unpaired) electrons. The number of carbonyl (C=O) groups is 3. The summed E-state index contributed by atoms with van der Waals surface area (Å²) in [5.74, 6) is -1.22. The van der Waals surface area contributed by atoms with Gasteiger partial charge in [-0.05, 0) is 187 Å². The predicted octanol–water partition coefficient (Wildman–Crippen LogP) is 12.3. The Morgan fingerprint density at radius 2 is 1.09 bits per heavy atom. The van der Waals surface area contributed by atoms with Gasteiger partial charge in [0.2, 0.25) is 8.32 Å². The summed E-state index contributed by atoms with van der Waals surface area (Å²) in [7, 11) is -12.4. The van der Waals surface area contributed by atoms with E-state index in [-0.39, 0.29) is 71.5 Å². The molecule has 2 saturated heterocycles. The second-order valence-corrected chi connectivity index (χ2v) is 51.7. The molecular formula is C53H113IO12PSSi7-. The minimum atomic E-state index is -2.42. The van der Waals surface area contributed by atoms with Crippen LogP contribution < -0.4 is 29.2 Å². The summed E-state index contributed by atoms with van der Waals surface area (Å²) in [6, 6.07) is 15.9. The van der Waals surface area contributed by atoms with Crippen molar-refractivity contribution in [1.29, 1.82) is 0 Å². The van der Waals surface area contributed by atoms with Crippen LogP contribution in [0.15, 0.2) is 67.3 Å². The van der Waals surface area contributed by atoms with Crippen molar-refractivity contribution >= 4 is 101 Å². The maximum Gasteiger partial charge on any atom is 0.333 e. The van der Waals surface area contributed by atoms with Gasteiger partial charge in [-0.15, -0.1) is 6.58 Å². The monoisotopic (exact) mass is 1330 g/mol. The zero-order valence-electron chi connectivity index (χ0n) is 47.9. The van der Waals surface area contributed by atoms with Crippen molar-refractivity contribution in [2.24, 2.45) is 5.92 Å². The van der Waals surface area contributed by atoms with E-state index in [2.05, 4.69) is 134 Å². The third-order valence-corrected chi connectivity index (χ3v) is 34.2. The molecule has 2 unspecified atom stereocenters. The van der Waals surface area contributed by atoms with E-state index in [4.69, 9.17) is 35.4 Å². The number of hydrogen-bond acceptors (Lipinski definition) is 13. The van der Waals surface area contributed by atoms with Gasteiger partial charge in [0.25, 0.3) is 0 Å². The van der Waals surface area contributed by atoms with E-state index in [1.165, 1.54) is 43.0 Å². The van der Waals surface area contributed by atoms with Crippen molar-refractivity contribution < 1.29 is 80.0 Å². The van der Waals surface area contributed by atoms with Gasteiger partial charge in [0.1, 0.15) is 0 Å². The van der Waals surface area contributed by atoms with Gasteiger partial charge in [0, 0.05) is 25.8 Å². The van der Waals surface area contributed by atoms with Crippen molar-refractivity contribution in [2.45, 2.75) is 203 Å². The fraction of sp³-hybridized carbons (Fsp3) is 0.717. The highest BCUT2D eigenvalue weighted by molar-refractivity contribution is 7.96. The van der Waals surface area contributed by atoms with Crippen molar-refractivity contribution in [3.63, 3.8) is 0 Å². The van der Waals surface area contributed by atoms with E-state index in [0.29, 0.717) is 31.0 Å². The van der Waals surface area contributed by atoms with Crippen LogP contribution in [0.2, 0.25) is 115 Å². The smallest absolute Gasteiger partial charge is 0.333 e. The summed E-state index contributed by atoms with van der Waals surface area (Å²) >= 11 is 4.37. The summed E-state index contributed by atoms with van der Waals surface area (Å²) in [6.45, 7) is 48.5. The first-order chi connectivity index (χ1) is 32.6. The lowest BCUT2D eigenvalue weighted by atomic mass is 10.2. The fourth-order valence-electron chi connectivity index (χ4n) is 7.57. The van der Waals surface area contributed by atoms with Gasteiger partial charge in [-0.2, -0.15) is 0 Å². The standard InChI is InChI=1S/C23H48O7Si4.C11H16OSi.C9H18O3Si.C6H14OSi.CH3PS.3CH4.HI.H2/c1-13-21(4)23(25)27-17-15-19-32(7,8)29-34(11,12)30-33(9,10)28-31(5,6)18-14-16-26-22(24)20(2)3;1-13(10-6-5-9-12-13)11-7-3-2-4-8-11;1-8(2)9(10)12-6-5-7-13(3,4)11;1-8(2)6-4-3-5-7-8;1-2-3;;;;;/h13,21H,1-2,14-19H2,3-12H3;2-4,7-8H,5-6,9-10H2,1H3;11H,1,5-7H2,2-4H3;3-6H2,1-2H3;1H3;3*1H4;2*1H/p-1/i;;;;;;;;;1+1. The molecule has 1 aromatic rings. The van der Waals surface area contributed by atoms with Crippen molar-refractivity contribution in [3.05, 3.63) is 67.3 Å². The lowest BCUT2D eigenvalue weighted by Gasteiger charge is -2.41. The van der Waals surface area contributed by atoms with Gasteiger partial charge in [0.05, 0.1) is 25.7 Å². The lowest BCUT2D eigenvalue weighted by Crippen LogP contribution is -3.00. The molecule has 0 bridgehead atoms. The summed E-state index contributed by atoms with van der Waals surface area (Å²) in [5.41, 5.74) is 0.831. The van der Waals surface area contributed by atoms with Crippen molar-refractivity contribution in [3.8, 4) is 0 Å². The topological polar surface area (TPSA) is 145 Å². The average Bonchev–Trinajstić information content (AvgIpc) is 3.24. The molecule has 0 aromatic heterocycles. The first-order valence-corrected chi connectivity index (χ1v) is 48.5. The molecule has 1 aromatic carbocycles. The average molecular weight is 1330 g/mol. The quantitative estimate of drug-likeness (QED) is 0.0162. The van der Waals surface area contributed by atoms with Crippen molar-refractivity contribution in [2.75, 3.05) is 39.7 Å². The molecule has 3 rings (SSSR count). The van der Waals surface area contributed by atoms with Crippen LogP contribution in [0.25, 0.3) is 0 Å². The van der Waals surface area contributed by atoms with Gasteiger partial charge in [-0.3, -0.25) is 4.79 Å². The molecule has 0 amide bonds. The molecular weight excluding hydrogens is 1220 g/mol. The maximum atomic E-state index is 11.8. The summed E-state index contributed by atoms with van der Waals surface area (Å²) < 4.78 is 46.8. The van der Waals surface area contributed by atoms with Crippen LogP contribution in [0.4, 0.5) is 0 Å². The van der Waals surface area contributed by atoms with Crippen LogP contribution in [0.3, 0.4) is 0 Å². The van der Waals surface area contributed by atoms with Gasteiger partial charge in [0.15, 0.2) is 33.3 Å². The van der Waals surface area contributed by atoms with Crippen LogP contribution in [0, 0.1) is 5.92 Å². The number of carbonyl (C=O) groups excluding carboxylic acids is 3. The summed E-state index contributed by atoms with van der Waals surface area (Å²) in [5, 5.41) is 1.45. The fourth-order valence-corrected chi connectivity index (χ4v) is 32.8. The van der Waals surface area contributed by atoms with E-state index in [1.54, 1.807) is 26.8 Å². The Hall–Kier alpha value is -0.622. The third kappa shape index (κ3) is 46.8. The Balaban J connectivity index is -0.000000185. The van der Waals surface area contributed by atoms with Crippen molar-refractivity contribution in [1.82, 2.24) is 0 Å². The number of halogens is 1. The van der Waals surface area contributed by atoms with Gasteiger partial charge in [-0.25, -0.2) is 9.59 Å². The van der Waals surface area contributed by atoms with E-state index in [1.807, 2.05) is 19.8 Å². The SMILES string of the molecule is C.C.C.C=C(C)C(=O)OCCC[Si](C)(C)O.C=CC(C)C(=O)OCCC[Si](C)(C)O[Si](C)(C)O[Si](C)(C)O[Si](C)(C)CCCOC(=O)C(=C)C.CP=S.C[Si]1(C)CCCCO1.C[Si]1(c2ccccc2)CCCCO1.[2HH].[I-]. The maximum absolute atomic E-state index is 11.8. The molecule has 0 saturated carbocycles. The molecule has 0 aliphatic carbocycles. The summed E-state index contributed by atoms with van der Waals surface area (Å²) in [6.07, 6.45) is 9.13. The Kier molecular flexibility index (Phi) is 49.3. The Morgan fingerprint density at radius 3 is 1.41 bits per heavy atom. The highest BCUT2D eigenvalue weighted by Crippen LogP contribution is 2.28. The lowest BCUT2D eigenvalue weighted by molar-refractivity contribution is -0.146. The highest BCUT2D eigenvalue weighted by atomic mass is 127. The Labute approximate surface area is 493 Å². The Morgan fingerprint density at radius 1 is 0.707 bits per heavy atom. The van der Waals surface area contributed by atoms with E-state index in [0.717, 1.165) is 58.0 Å². The van der Waals surface area contributed by atoms with Gasteiger partial charge in [-0.1, -0.05) is 96.5 Å². The number of esters is 3. The second-order valence-electron chi connectivity index (χ2n) is 21.9. The minimum Gasteiger partial charge on any atom is -1.00 e. The van der Waals surface area contributed by atoms with Crippen LogP contribution >= 0.6 is 7.36 Å². The predicted molar refractivity (Wildman–Crippen MR) is 341 cm³/mol. The van der Waals surface area contributed by atoms with Gasteiger partial charge < -0.3 is 64.2 Å². The van der Waals surface area contributed by atoms with Gasteiger partial charge >= 0.3 is 35.0 Å². The zero-order valence-corrected chi connectivity index (χ0v) is 58.7. The first-order valence-electron chi connectivity index (χ1n) is 25.4. The van der Waals surface area contributed by atoms with Crippen LogP contribution in [0.5, 0.6) is 0 Å². The molecule has 2 atom stereocenters. The molecule has 75 heavy (non-hydrogen) atoms. The molecule has 2 fully saturated rings. The second kappa shape index (κ2) is 43.2. The molecule has 444 valence electrons. The van der Waals surface area contributed by atoms with Crippen LogP contribution in [-0.2, 0) is 61.6 Å². The number of benzene rings is 1. The number of ether oxygens (including phenoxy) is 3. The molecule has 2 heterocycles. The molecule has 22 heteroatoms. The van der Waals surface area contributed by atoms with Crippen LogP contribution in [0.1, 0.15) is 89.4 Å². The number of hydrogen-bond donors (Lipinski definition) is 1. The molecule has 1 N–H and O–H groups in total. The van der Waals surface area contributed by atoms with E-state index < -0.39 is 58.7 Å². The summed E-state index contributed by atoms with van der Waals surface area (Å²) in [4.78, 5) is 43.7. The highest BCUT2D eigenvalue weighted by Gasteiger charge is 2.43. The van der Waals surface area contributed by atoms with E-state index >= 15 is 0 Å². The third-order valence-electron chi connectivity index (χ3n) is 11.0. The molecule has 2 aliphatic rings.